The monoisotopic (exact) mass is 416 g/mol. The maximum atomic E-state index is 4.29. The Balaban J connectivity index is 1.25. The van der Waals surface area contributed by atoms with Gasteiger partial charge in [-0.15, -0.1) is 20.4 Å². The molecule has 0 aliphatic carbocycles. The van der Waals surface area contributed by atoms with Crippen LogP contribution in [0, 0.1) is 0 Å². The summed E-state index contributed by atoms with van der Waals surface area (Å²) in [6.07, 6.45) is 1.07. The van der Waals surface area contributed by atoms with Crippen LogP contribution in [0.15, 0.2) is 20.6 Å². The van der Waals surface area contributed by atoms with Gasteiger partial charge in [-0.2, -0.15) is 0 Å². The summed E-state index contributed by atoms with van der Waals surface area (Å²) in [7, 11) is 0. The van der Waals surface area contributed by atoms with Crippen LogP contribution in [0.2, 0.25) is 0 Å². The molecular weight excluding hydrogens is 396 g/mol. The molecule has 4 rings (SSSR count). The summed E-state index contributed by atoms with van der Waals surface area (Å²) in [5.41, 5.74) is 6.85. The van der Waals surface area contributed by atoms with Gasteiger partial charge in [-0.1, -0.05) is 47.0 Å². The van der Waals surface area contributed by atoms with Gasteiger partial charge in [0, 0.05) is 35.1 Å². The molecule has 8 nitrogen and oxygen atoms in total. The van der Waals surface area contributed by atoms with E-state index in [1.807, 2.05) is 9.35 Å². The molecule has 0 amide bonds. The SMILES string of the molecule is CC1CSc2nnc(SCCCSc3nnc4n3NC(C)CS4)n2N1. The van der Waals surface area contributed by atoms with Crippen molar-refractivity contribution >= 4 is 47.0 Å². The Morgan fingerprint density at radius 3 is 1.84 bits per heavy atom. The van der Waals surface area contributed by atoms with Crippen LogP contribution in [0.5, 0.6) is 0 Å². The quantitative estimate of drug-likeness (QED) is 0.540. The lowest BCUT2D eigenvalue weighted by molar-refractivity contribution is 0.627. The molecule has 2 aromatic heterocycles. The highest BCUT2D eigenvalue weighted by molar-refractivity contribution is 8.00. The van der Waals surface area contributed by atoms with Gasteiger partial charge in [0.25, 0.3) is 0 Å². The second-order valence-corrected chi connectivity index (χ2v) is 10.0. The Morgan fingerprint density at radius 1 is 0.880 bits per heavy atom. The van der Waals surface area contributed by atoms with E-state index in [0.717, 1.165) is 50.1 Å². The minimum Gasteiger partial charge on any atom is -0.318 e. The van der Waals surface area contributed by atoms with Crippen molar-refractivity contribution in [2.24, 2.45) is 0 Å². The van der Waals surface area contributed by atoms with Crippen molar-refractivity contribution in [2.75, 3.05) is 33.9 Å². The molecule has 0 bridgehead atoms. The molecule has 4 heterocycles. The van der Waals surface area contributed by atoms with Gasteiger partial charge in [0.2, 0.25) is 20.6 Å². The molecule has 2 aromatic rings. The first kappa shape index (κ1) is 17.7. The Kier molecular flexibility index (Phi) is 5.58. The molecule has 0 saturated heterocycles. The van der Waals surface area contributed by atoms with Gasteiger partial charge in [-0.25, -0.2) is 9.35 Å². The summed E-state index contributed by atoms with van der Waals surface area (Å²) >= 11 is 7.01. The molecule has 2 N–H and O–H groups in total. The van der Waals surface area contributed by atoms with Crippen LogP contribution in [0.1, 0.15) is 20.3 Å². The molecular formula is C13H20N8S4. The fourth-order valence-corrected chi connectivity index (χ4v) is 6.06. The van der Waals surface area contributed by atoms with Crippen molar-refractivity contribution in [2.45, 2.75) is 53.0 Å². The van der Waals surface area contributed by atoms with E-state index >= 15 is 0 Å². The van der Waals surface area contributed by atoms with E-state index in [0.29, 0.717) is 12.1 Å². The third-order valence-corrected chi connectivity index (χ3v) is 7.99. The van der Waals surface area contributed by atoms with E-state index in [-0.39, 0.29) is 0 Å². The lowest BCUT2D eigenvalue weighted by Gasteiger charge is -2.22. The number of hydrogen-bond donors (Lipinski definition) is 2. The van der Waals surface area contributed by atoms with Crippen molar-refractivity contribution in [1.82, 2.24) is 29.7 Å². The summed E-state index contributed by atoms with van der Waals surface area (Å²) in [5, 5.41) is 20.9. The normalized spacial score (nSPS) is 22.0. The summed E-state index contributed by atoms with van der Waals surface area (Å²) < 4.78 is 4.04. The molecule has 2 atom stereocenters. The van der Waals surface area contributed by atoms with E-state index in [4.69, 9.17) is 0 Å². The first-order valence-corrected chi connectivity index (χ1v) is 12.1. The minimum atomic E-state index is 0.440. The maximum Gasteiger partial charge on any atom is 0.210 e. The van der Waals surface area contributed by atoms with Gasteiger partial charge in [-0.05, 0) is 20.3 Å². The Bertz CT molecular complexity index is 671. The first-order chi connectivity index (χ1) is 12.2. The standard InChI is InChI=1S/C13H20N8S4/c1-8-6-24-12-16-14-10(20(12)18-8)22-4-3-5-23-11-15-17-13-21(11)19-9(2)7-25-13/h8-9,18-19H,3-7H2,1-2H3. The minimum absolute atomic E-state index is 0.440. The molecule has 0 fully saturated rings. The van der Waals surface area contributed by atoms with Gasteiger partial charge in [0.15, 0.2) is 0 Å². The second-order valence-electron chi connectivity index (χ2n) is 5.93. The number of nitrogens with zero attached hydrogens (tertiary/aromatic N) is 6. The zero-order valence-corrected chi connectivity index (χ0v) is 17.3. The Labute approximate surface area is 163 Å². The zero-order chi connectivity index (χ0) is 17.2. The zero-order valence-electron chi connectivity index (χ0n) is 14.0. The molecule has 12 heteroatoms. The Morgan fingerprint density at radius 2 is 1.36 bits per heavy atom. The average Bonchev–Trinajstić information content (AvgIpc) is 3.18. The predicted octanol–water partition coefficient (Wildman–Crippen LogP) is 2.22. The fraction of sp³-hybridized carbons (Fsp3) is 0.692. The van der Waals surface area contributed by atoms with Crippen LogP contribution < -0.4 is 10.9 Å². The van der Waals surface area contributed by atoms with E-state index in [1.54, 1.807) is 47.0 Å². The molecule has 0 radical (unpaired) electrons. The molecule has 136 valence electrons. The summed E-state index contributed by atoms with van der Waals surface area (Å²) in [6.45, 7) is 4.35. The lowest BCUT2D eigenvalue weighted by atomic mass is 10.4. The fourth-order valence-electron chi connectivity index (χ4n) is 2.41. The molecule has 2 unspecified atom stereocenters. The number of nitrogens with one attached hydrogen (secondary N) is 2. The van der Waals surface area contributed by atoms with Gasteiger partial charge in [-0.3, -0.25) is 0 Å². The largest absolute Gasteiger partial charge is 0.318 e. The molecule has 25 heavy (non-hydrogen) atoms. The summed E-state index contributed by atoms with van der Waals surface area (Å²) in [5.74, 6) is 4.08. The van der Waals surface area contributed by atoms with Crippen LogP contribution in [0.3, 0.4) is 0 Å². The highest BCUT2D eigenvalue weighted by atomic mass is 32.2. The van der Waals surface area contributed by atoms with Crippen LogP contribution >= 0.6 is 47.0 Å². The first-order valence-electron chi connectivity index (χ1n) is 8.16. The third kappa shape index (κ3) is 4.01. The predicted molar refractivity (Wildman–Crippen MR) is 105 cm³/mol. The Hall–Kier alpha value is -0.720. The summed E-state index contributed by atoms with van der Waals surface area (Å²) in [6, 6.07) is 0.880. The van der Waals surface area contributed by atoms with Crippen molar-refractivity contribution < 1.29 is 0 Å². The van der Waals surface area contributed by atoms with E-state index in [2.05, 4.69) is 45.1 Å². The highest BCUT2D eigenvalue weighted by Gasteiger charge is 2.21. The number of rotatable bonds is 6. The molecule has 2 aliphatic heterocycles. The van der Waals surface area contributed by atoms with E-state index < -0.39 is 0 Å². The highest BCUT2D eigenvalue weighted by Crippen LogP contribution is 2.28. The number of hydrogen-bond acceptors (Lipinski definition) is 10. The van der Waals surface area contributed by atoms with Crippen LogP contribution in [-0.2, 0) is 0 Å². The van der Waals surface area contributed by atoms with Crippen LogP contribution in [-0.4, -0.2) is 64.8 Å². The molecule has 0 saturated carbocycles. The smallest absolute Gasteiger partial charge is 0.210 e. The number of aromatic nitrogens is 6. The van der Waals surface area contributed by atoms with Gasteiger partial charge >= 0.3 is 0 Å². The molecule has 0 spiro atoms. The van der Waals surface area contributed by atoms with Gasteiger partial charge in [0.1, 0.15) is 0 Å². The molecule has 0 aromatic carbocycles. The van der Waals surface area contributed by atoms with Crippen molar-refractivity contribution in [3.8, 4) is 0 Å². The average molecular weight is 417 g/mol. The van der Waals surface area contributed by atoms with Gasteiger partial charge in [0.05, 0.1) is 0 Å². The second kappa shape index (κ2) is 7.89. The van der Waals surface area contributed by atoms with E-state index in [1.165, 1.54) is 0 Å². The number of thioether (sulfide) groups is 4. The topological polar surface area (TPSA) is 85.5 Å². The number of fused-ring (bicyclic) bond motifs is 2. The van der Waals surface area contributed by atoms with Crippen molar-refractivity contribution in [3.63, 3.8) is 0 Å². The van der Waals surface area contributed by atoms with Crippen LogP contribution in [0.4, 0.5) is 0 Å². The van der Waals surface area contributed by atoms with Crippen molar-refractivity contribution in [1.29, 1.82) is 0 Å². The van der Waals surface area contributed by atoms with Crippen molar-refractivity contribution in [3.05, 3.63) is 0 Å². The third-order valence-electron chi connectivity index (χ3n) is 3.58. The van der Waals surface area contributed by atoms with Crippen LogP contribution in [0.25, 0.3) is 0 Å². The summed E-state index contributed by atoms with van der Waals surface area (Å²) in [4.78, 5) is 0. The van der Waals surface area contributed by atoms with E-state index in [9.17, 15) is 0 Å². The van der Waals surface area contributed by atoms with Gasteiger partial charge < -0.3 is 10.9 Å². The maximum absolute atomic E-state index is 4.29. The molecule has 2 aliphatic rings. The lowest BCUT2D eigenvalue weighted by Crippen LogP contribution is -2.32.